The van der Waals surface area contributed by atoms with Crippen molar-refractivity contribution in [1.82, 2.24) is 18.3 Å². The van der Waals surface area contributed by atoms with Crippen LogP contribution in [0.25, 0.3) is 0 Å². The van der Waals surface area contributed by atoms with Gasteiger partial charge in [0, 0.05) is 0 Å². The molecule has 2 aromatic rings. The molecule has 2 rings (SSSR count). The molecule has 20 heavy (non-hydrogen) atoms. The van der Waals surface area contributed by atoms with Gasteiger partial charge < -0.3 is 0 Å². The number of aromatic nitrogens is 4. The van der Waals surface area contributed by atoms with E-state index in [9.17, 15) is 0 Å². The summed E-state index contributed by atoms with van der Waals surface area (Å²) in [7, 11) is 4.19. The van der Waals surface area contributed by atoms with E-state index in [-0.39, 0.29) is 0 Å². The molecule has 118 valence electrons. The zero-order chi connectivity index (χ0) is 14.5. The van der Waals surface area contributed by atoms with E-state index in [4.69, 9.17) is 0 Å². The van der Waals surface area contributed by atoms with Crippen molar-refractivity contribution in [3.63, 3.8) is 0 Å². The Morgan fingerprint density at radius 1 is 0.700 bits per heavy atom. The first-order chi connectivity index (χ1) is 9.59. The van der Waals surface area contributed by atoms with Gasteiger partial charge in [0.15, 0.2) is 0 Å². The summed E-state index contributed by atoms with van der Waals surface area (Å²) in [6.07, 6.45) is 13.7. The molecule has 0 spiro atoms. The Labute approximate surface area is 141 Å². The van der Waals surface area contributed by atoms with E-state index in [0.717, 1.165) is 13.1 Å². The number of rotatable bonds is 7. The second-order valence-corrected chi connectivity index (χ2v) is 7.13. The van der Waals surface area contributed by atoms with E-state index in [1.165, 1.54) is 33.3 Å². The summed E-state index contributed by atoms with van der Waals surface area (Å²) < 4.78 is 11.6. The summed E-state index contributed by atoms with van der Waals surface area (Å²) in [6.45, 7) is 2.27. The molecule has 0 aromatic carbocycles. The molecule has 0 aliphatic carbocycles. The molecule has 4 nitrogen and oxygen atoms in total. The van der Waals surface area contributed by atoms with Crippen molar-refractivity contribution in [1.29, 1.82) is 0 Å². The quantitative estimate of drug-likeness (QED) is 0.417. The molecule has 6 heteroatoms. The Bertz CT molecular complexity index is 601. The summed E-state index contributed by atoms with van der Waals surface area (Å²) in [5.74, 6) is 0. The molecule has 0 unspecified atom stereocenters. The molecule has 0 aliphatic rings. The molecule has 0 aliphatic heterocycles. The molecule has 0 amide bonds. The van der Waals surface area contributed by atoms with Crippen LogP contribution in [0.15, 0.2) is 24.8 Å². The molecule has 0 atom stereocenters. The molecule has 0 fully saturated rings. The molecular weight excluding hydrogens is 614 g/mol. The average molecular weight is 637 g/mol. The fourth-order valence-corrected chi connectivity index (χ4v) is 3.42. The summed E-state index contributed by atoms with van der Waals surface area (Å²) in [5, 5.41) is 0. The van der Waals surface area contributed by atoms with Gasteiger partial charge in [0.05, 0.1) is 0 Å². The van der Waals surface area contributed by atoms with Gasteiger partial charge in [-0.3, -0.25) is 0 Å². The van der Waals surface area contributed by atoms with Crippen molar-refractivity contribution in [3.8, 4) is 0 Å². The van der Waals surface area contributed by atoms with Gasteiger partial charge in [-0.1, -0.05) is 0 Å². The normalized spacial score (nSPS) is 11.3. The molecule has 0 radical (unpaired) electrons. The zero-order valence-electron chi connectivity index (χ0n) is 12.0. The van der Waals surface area contributed by atoms with Crippen LogP contribution in [0.1, 0.15) is 25.7 Å². The summed E-state index contributed by atoms with van der Waals surface area (Å²) >= 11 is 4.77. The van der Waals surface area contributed by atoms with Crippen molar-refractivity contribution in [2.75, 3.05) is 0 Å². The minimum absolute atomic E-state index is 1.13. The first kappa shape index (κ1) is 16.2. The summed E-state index contributed by atoms with van der Waals surface area (Å²) in [4.78, 5) is 0. The second-order valence-electron chi connectivity index (χ2n) is 5.10. The van der Waals surface area contributed by atoms with Gasteiger partial charge in [-0.05, 0) is 0 Å². The van der Waals surface area contributed by atoms with Crippen molar-refractivity contribution in [3.05, 3.63) is 32.4 Å². The van der Waals surface area contributed by atoms with E-state index in [1.54, 1.807) is 0 Å². The van der Waals surface area contributed by atoms with Crippen LogP contribution >= 0.6 is 0 Å². The Balaban J connectivity index is 1.65. The predicted octanol–water partition coefficient (Wildman–Crippen LogP) is 2.38. The second kappa shape index (κ2) is 7.70. The van der Waals surface area contributed by atoms with E-state index in [2.05, 4.69) is 95.9 Å². The average Bonchev–Trinajstić information content (AvgIpc) is 2.92. The Hall–Kier alpha value is -0.203. The van der Waals surface area contributed by atoms with Crippen LogP contribution in [0.3, 0.4) is 0 Å². The van der Waals surface area contributed by atoms with Crippen LogP contribution < -0.4 is 0 Å². The van der Waals surface area contributed by atoms with Gasteiger partial charge in [-0.25, -0.2) is 0 Å². The fraction of sp³-hybridized carbons (Fsp3) is 0.571. The van der Waals surface area contributed by atoms with Crippen LogP contribution in [-0.4, -0.2) is 18.3 Å². The first-order valence-corrected chi connectivity index (χ1v) is 9.21. The van der Waals surface area contributed by atoms with E-state index >= 15 is 0 Å². The van der Waals surface area contributed by atoms with Crippen LogP contribution in [-0.2, 0) is 65.9 Å². The van der Waals surface area contributed by atoms with Crippen LogP contribution in [0.5, 0.6) is 0 Å². The van der Waals surface area contributed by atoms with Gasteiger partial charge in [0.1, 0.15) is 0 Å². The number of hydrogen-bond acceptors (Lipinski definition) is 0. The molecule has 0 N–H and O–H groups in total. The van der Waals surface area contributed by atoms with Crippen molar-refractivity contribution in [2.24, 2.45) is 14.1 Å². The topological polar surface area (TPSA) is 19.7 Å². The van der Waals surface area contributed by atoms with Gasteiger partial charge in [0.25, 0.3) is 0 Å². The minimum atomic E-state index is 1.13. The standard InChI is InChI=1S/C14H22N4.2Pt/c1-15-9-11-17(13-15)7-5-3-4-6-8-18-12-10-16(2)14-18;;/h9-12H,3-8H2,1-2H3;;. The number of hydrogen-bond donors (Lipinski definition) is 0. The fourth-order valence-electron chi connectivity index (χ4n) is 2.23. The third-order valence-corrected chi connectivity index (χ3v) is 6.37. The number of unbranched alkanes of at least 4 members (excludes halogenated alkanes) is 3. The van der Waals surface area contributed by atoms with Crippen molar-refractivity contribution >= 4 is 0 Å². The molecule has 0 bridgehead atoms. The van der Waals surface area contributed by atoms with Crippen LogP contribution in [0.4, 0.5) is 0 Å². The Kier molecular flexibility index (Phi) is 6.23. The van der Waals surface area contributed by atoms with Crippen molar-refractivity contribution in [2.45, 2.75) is 38.8 Å². The van der Waals surface area contributed by atoms with E-state index < -0.39 is 0 Å². The molecule has 0 saturated carbocycles. The number of imidazole rings is 2. The summed E-state index contributed by atoms with van der Waals surface area (Å²) in [5.41, 5.74) is 0. The van der Waals surface area contributed by atoms with E-state index in [0.29, 0.717) is 0 Å². The third kappa shape index (κ3) is 4.15. The van der Waals surface area contributed by atoms with Crippen LogP contribution in [0, 0.1) is 7.61 Å². The molecule has 2 aromatic heterocycles. The molecule has 2 heterocycles. The number of aryl methyl sites for hydroxylation is 4. The van der Waals surface area contributed by atoms with Crippen molar-refractivity contribution < 1.29 is 38.7 Å². The maximum atomic E-state index is 2.38. The predicted molar refractivity (Wildman–Crippen MR) is 71.8 cm³/mol. The van der Waals surface area contributed by atoms with E-state index in [1.807, 2.05) is 0 Å². The first-order valence-electron chi connectivity index (χ1n) is 6.94. The molecule has 0 saturated heterocycles. The molecular formula is C14H22N4Pt2. The van der Waals surface area contributed by atoms with Gasteiger partial charge in [0.2, 0.25) is 0 Å². The zero-order valence-corrected chi connectivity index (χ0v) is 16.5. The SMILES string of the molecule is Cn1ccn(CCCCCCn2ccn(C)[c]2=[Pt])[c]1=[Pt]. The monoisotopic (exact) mass is 636 g/mol. The Morgan fingerprint density at radius 3 is 1.40 bits per heavy atom. The summed E-state index contributed by atoms with van der Waals surface area (Å²) in [6, 6.07) is 0. The third-order valence-electron chi connectivity index (χ3n) is 3.47. The van der Waals surface area contributed by atoms with Gasteiger partial charge in [-0.15, -0.1) is 0 Å². The Morgan fingerprint density at radius 2 is 1.10 bits per heavy atom. The van der Waals surface area contributed by atoms with Gasteiger partial charge in [-0.2, -0.15) is 0 Å². The maximum absolute atomic E-state index is 2.38. The van der Waals surface area contributed by atoms with Gasteiger partial charge >= 0.3 is 142 Å². The number of nitrogens with zero attached hydrogens (tertiary/aromatic N) is 4. The van der Waals surface area contributed by atoms with Crippen LogP contribution in [0.2, 0.25) is 0 Å².